The van der Waals surface area contributed by atoms with E-state index in [2.05, 4.69) is 15.3 Å². The molecule has 26 heavy (non-hydrogen) atoms. The number of halogens is 2. The lowest BCUT2D eigenvalue weighted by atomic mass is 10.1. The Hall–Kier alpha value is -2.45. The van der Waals surface area contributed by atoms with Crippen LogP contribution in [0.25, 0.3) is 11.3 Å². The van der Waals surface area contributed by atoms with E-state index in [-0.39, 0.29) is 36.0 Å². The summed E-state index contributed by atoms with van der Waals surface area (Å²) < 4.78 is 14.9. The number of aromatic nitrogens is 2. The standard InChI is InChI=1S/C17H18ClFN4O3/c18-16-21-14(11-5-3-10(9-24)4-6-11)13(19)15(22-16)20-12-2-1-7-23(8-12)17(25)26/h3-6,12,24H,1-2,7-9H2,(H,25,26)(H,20,21,22)/t12-/m1/s1. The molecular weight excluding hydrogens is 363 g/mol. The highest BCUT2D eigenvalue weighted by Gasteiger charge is 2.25. The predicted molar refractivity (Wildman–Crippen MR) is 94.6 cm³/mol. The average molecular weight is 381 g/mol. The minimum absolute atomic E-state index is 0.0443. The van der Waals surface area contributed by atoms with Gasteiger partial charge in [0.1, 0.15) is 5.69 Å². The summed E-state index contributed by atoms with van der Waals surface area (Å²) in [5.74, 6) is -0.706. The van der Waals surface area contributed by atoms with Crippen molar-refractivity contribution >= 4 is 23.5 Å². The number of anilines is 1. The van der Waals surface area contributed by atoms with E-state index >= 15 is 0 Å². The zero-order chi connectivity index (χ0) is 18.7. The third-order valence-electron chi connectivity index (χ3n) is 4.27. The molecule has 9 heteroatoms. The van der Waals surface area contributed by atoms with Gasteiger partial charge in [-0.05, 0) is 30.0 Å². The molecular formula is C17H18ClFN4O3. The second-order valence-corrected chi connectivity index (χ2v) is 6.41. The van der Waals surface area contributed by atoms with E-state index in [1.807, 2.05) is 0 Å². The van der Waals surface area contributed by atoms with E-state index < -0.39 is 11.9 Å². The van der Waals surface area contributed by atoms with Crippen molar-refractivity contribution in [2.45, 2.75) is 25.5 Å². The number of hydrogen-bond donors (Lipinski definition) is 3. The summed E-state index contributed by atoms with van der Waals surface area (Å²) in [4.78, 5) is 20.3. The van der Waals surface area contributed by atoms with Crippen molar-refractivity contribution < 1.29 is 19.4 Å². The molecule has 0 spiro atoms. The lowest BCUT2D eigenvalue weighted by Crippen LogP contribution is -2.44. The van der Waals surface area contributed by atoms with Crippen LogP contribution in [0.3, 0.4) is 0 Å². The van der Waals surface area contributed by atoms with Gasteiger partial charge in [0.05, 0.1) is 6.61 Å². The molecule has 1 saturated heterocycles. The Bertz CT molecular complexity index is 803. The van der Waals surface area contributed by atoms with Crippen LogP contribution in [-0.4, -0.2) is 50.3 Å². The molecule has 1 fully saturated rings. The van der Waals surface area contributed by atoms with Crippen LogP contribution in [0.2, 0.25) is 5.28 Å². The summed E-state index contributed by atoms with van der Waals surface area (Å²) in [6.07, 6.45) is 0.382. The number of carbonyl (C=O) groups is 1. The topological polar surface area (TPSA) is 98.6 Å². The van der Waals surface area contributed by atoms with Gasteiger partial charge in [-0.15, -0.1) is 0 Å². The number of rotatable bonds is 4. The number of carboxylic acid groups (broad SMARTS) is 1. The number of amides is 1. The molecule has 1 aromatic carbocycles. The van der Waals surface area contributed by atoms with Crippen LogP contribution in [0.4, 0.5) is 15.0 Å². The van der Waals surface area contributed by atoms with Crippen LogP contribution in [0, 0.1) is 5.82 Å². The number of aliphatic hydroxyl groups excluding tert-OH is 1. The summed E-state index contributed by atoms with van der Waals surface area (Å²) in [5.41, 5.74) is 1.24. The first kappa shape index (κ1) is 18.3. The van der Waals surface area contributed by atoms with Gasteiger partial charge in [-0.25, -0.2) is 14.2 Å². The Morgan fingerprint density at radius 2 is 2.08 bits per heavy atom. The fourth-order valence-electron chi connectivity index (χ4n) is 2.94. The Labute approximate surface area is 154 Å². The Morgan fingerprint density at radius 1 is 1.35 bits per heavy atom. The monoisotopic (exact) mass is 380 g/mol. The molecule has 1 amide bonds. The predicted octanol–water partition coefficient (Wildman–Crippen LogP) is 2.98. The van der Waals surface area contributed by atoms with Crippen molar-refractivity contribution in [1.82, 2.24) is 14.9 Å². The van der Waals surface area contributed by atoms with E-state index in [1.54, 1.807) is 24.3 Å². The zero-order valence-corrected chi connectivity index (χ0v) is 14.6. The van der Waals surface area contributed by atoms with Gasteiger partial charge in [0.25, 0.3) is 0 Å². The van der Waals surface area contributed by atoms with Gasteiger partial charge in [-0.2, -0.15) is 4.98 Å². The van der Waals surface area contributed by atoms with Crippen LogP contribution in [-0.2, 0) is 6.61 Å². The third-order valence-corrected chi connectivity index (χ3v) is 4.44. The highest BCUT2D eigenvalue weighted by Crippen LogP contribution is 2.28. The molecule has 7 nitrogen and oxygen atoms in total. The molecule has 0 saturated carbocycles. The number of likely N-dealkylation sites (tertiary alicyclic amines) is 1. The van der Waals surface area contributed by atoms with Gasteiger partial charge in [0.2, 0.25) is 5.28 Å². The van der Waals surface area contributed by atoms with Gasteiger partial charge in [-0.3, -0.25) is 0 Å². The number of piperidine rings is 1. The lowest BCUT2D eigenvalue weighted by molar-refractivity contribution is 0.132. The summed E-state index contributed by atoms with van der Waals surface area (Å²) >= 11 is 5.95. The number of nitrogens with zero attached hydrogens (tertiary/aromatic N) is 3. The number of aliphatic hydroxyl groups is 1. The molecule has 1 atom stereocenters. The van der Waals surface area contributed by atoms with Crippen molar-refractivity contribution in [1.29, 1.82) is 0 Å². The van der Waals surface area contributed by atoms with Gasteiger partial charge >= 0.3 is 6.09 Å². The molecule has 1 aromatic heterocycles. The van der Waals surface area contributed by atoms with E-state index in [0.29, 0.717) is 30.5 Å². The maximum Gasteiger partial charge on any atom is 0.407 e. The van der Waals surface area contributed by atoms with E-state index in [4.69, 9.17) is 21.8 Å². The molecule has 3 N–H and O–H groups in total. The van der Waals surface area contributed by atoms with Crippen molar-refractivity contribution in [2.24, 2.45) is 0 Å². The van der Waals surface area contributed by atoms with Gasteiger partial charge < -0.3 is 20.4 Å². The molecule has 1 aliphatic heterocycles. The van der Waals surface area contributed by atoms with Crippen LogP contribution in [0.15, 0.2) is 24.3 Å². The summed E-state index contributed by atoms with van der Waals surface area (Å²) in [5, 5.41) is 21.1. The first-order chi connectivity index (χ1) is 12.5. The SMILES string of the molecule is O=C(O)N1CCC[C@@H](Nc2nc(Cl)nc(-c3ccc(CO)cc3)c2F)C1. The van der Waals surface area contributed by atoms with Gasteiger partial charge in [-0.1, -0.05) is 24.3 Å². The number of nitrogens with one attached hydrogen (secondary N) is 1. The average Bonchev–Trinajstić information content (AvgIpc) is 2.64. The smallest absolute Gasteiger partial charge is 0.407 e. The zero-order valence-electron chi connectivity index (χ0n) is 13.8. The largest absolute Gasteiger partial charge is 0.465 e. The molecule has 0 radical (unpaired) electrons. The Kier molecular flexibility index (Phi) is 5.53. The van der Waals surface area contributed by atoms with Gasteiger partial charge in [0, 0.05) is 24.7 Å². The van der Waals surface area contributed by atoms with Crippen LogP contribution in [0.1, 0.15) is 18.4 Å². The molecule has 138 valence electrons. The number of hydrogen-bond acceptors (Lipinski definition) is 5. The van der Waals surface area contributed by atoms with Crippen molar-refractivity contribution in [3.63, 3.8) is 0 Å². The summed E-state index contributed by atoms with van der Waals surface area (Å²) in [6, 6.07) is 6.37. The molecule has 3 rings (SSSR count). The molecule has 1 aliphatic rings. The summed E-state index contributed by atoms with van der Waals surface area (Å²) in [7, 11) is 0. The molecule has 0 unspecified atom stereocenters. The van der Waals surface area contributed by atoms with Gasteiger partial charge in [0.15, 0.2) is 11.6 Å². The van der Waals surface area contributed by atoms with Crippen molar-refractivity contribution in [3.8, 4) is 11.3 Å². The first-order valence-electron chi connectivity index (χ1n) is 8.15. The maximum absolute atomic E-state index is 14.9. The summed E-state index contributed by atoms with van der Waals surface area (Å²) in [6.45, 7) is 0.599. The van der Waals surface area contributed by atoms with E-state index in [9.17, 15) is 9.18 Å². The highest BCUT2D eigenvalue weighted by atomic mass is 35.5. The van der Waals surface area contributed by atoms with Crippen LogP contribution < -0.4 is 5.32 Å². The fraction of sp³-hybridized carbons (Fsp3) is 0.353. The minimum atomic E-state index is -0.998. The van der Waals surface area contributed by atoms with Crippen LogP contribution >= 0.6 is 11.6 Å². The Balaban J connectivity index is 1.86. The lowest BCUT2D eigenvalue weighted by Gasteiger charge is -2.31. The minimum Gasteiger partial charge on any atom is -0.465 e. The quantitative estimate of drug-likeness (QED) is 0.705. The van der Waals surface area contributed by atoms with E-state index in [1.165, 1.54) is 4.90 Å². The van der Waals surface area contributed by atoms with E-state index in [0.717, 1.165) is 0 Å². The highest BCUT2D eigenvalue weighted by molar-refractivity contribution is 6.28. The molecule has 2 aromatic rings. The number of benzene rings is 1. The molecule has 0 bridgehead atoms. The second-order valence-electron chi connectivity index (χ2n) is 6.07. The normalized spacial score (nSPS) is 17.2. The third kappa shape index (κ3) is 4.03. The first-order valence-corrected chi connectivity index (χ1v) is 8.53. The molecule has 2 heterocycles. The molecule has 0 aliphatic carbocycles. The Morgan fingerprint density at radius 3 is 2.73 bits per heavy atom. The maximum atomic E-state index is 14.9. The van der Waals surface area contributed by atoms with Crippen LogP contribution in [0.5, 0.6) is 0 Å². The second kappa shape index (κ2) is 7.84. The van der Waals surface area contributed by atoms with Crippen molar-refractivity contribution in [3.05, 3.63) is 40.9 Å². The fourth-order valence-corrected chi connectivity index (χ4v) is 3.11. The van der Waals surface area contributed by atoms with Crippen molar-refractivity contribution in [2.75, 3.05) is 18.4 Å².